The maximum absolute atomic E-state index is 12.8. The van der Waals surface area contributed by atoms with E-state index in [0.29, 0.717) is 38.3 Å². The molecule has 28 heavy (non-hydrogen) atoms. The maximum Gasteiger partial charge on any atom is 0.255 e. The summed E-state index contributed by atoms with van der Waals surface area (Å²) in [6, 6.07) is 3.68. The second-order valence-corrected chi connectivity index (χ2v) is 8.22. The Kier molecular flexibility index (Phi) is 5.68. The van der Waals surface area contributed by atoms with Crippen molar-refractivity contribution in [2.24, 2.45) is 0 Å². The van der Waals surface area contributed by atoms with Gasteiger partial charge in [-0.3, -0.25) is 14.6 Å². The molecule has 0 aromatic carbocycles. The van der Waals surface area contributed by atoms with Gasteiger partial charge in [-0.25, -0.2) is 4.98 Å². The molecule has 0 unspecified atom stereocenters. The topological polar surface area (TPSA) is 75.6 Å². The van der Waals surface area contributed by atoms with Crippen molar-refractivity contribution in [3.63, 3.8) is 0 Å². The summed E-state index contributed by atoms with van der Waals surface area (Å²) in [6.45, 7) is 5.07. The second-order valence-electron chi connectivity index (χ2n) is 7.16. The number of carbonyl (C=O) groups excluding carboxylic acids is 2. The first-order valence-corrected chi connectivity index (χ1v) is 10.5. The summed E-state index contributed by atoms with van der Waals surface area (Å²) in [6.07, 6.45) is 3.82. The number of carbonyl (C=O) groups is 2. The van der Waals surface area contributed by atoms with Gasteiger partial charge in [0.15, 0.2) is 0 Å². The number of nitrogens with zero attached hydrogens (tertiary/aromatic N) is 4. The Hall–Kier alpha value is -2.32. The van der Waals surface area contributed by atoms with Gasteiger partial charge in [-0.1, -0.05) is 0 Å². The third kappa shape index (κ3) is 4.07. The van der Waals surface area contributed by atoms with Crippen LogP contribution in [0.5, 0.6) is 0 Å². The molecule has 2 saturated heterocycles. The molecule has 2 aliphatic rings. The lowest BCUT2D eigenvalue weighted by Gasteiger charge is -2.27. The fourth-order valence-electron chi connectivity index (χ4n) is 3.80. The van der Waals surface area contributed by atoms with E-state index < -0.39 is 0 Å². The van der Waals surface area contributed by atoms with Crippen LogP contribution in [0.2, 0.25) is 0 Å². The molecular formula is C20H24N4O3S. The number of rotatable bonds is 4. The quantitative estimate of drug-likeness (QED) is 0.787. The normalized spacial score (nSPS) is 19.8. The fraction of sp³-hybridized carbons (Fsp3) is 0.500. The van der Waals surface area contributed by atoms with E-state index in [4.69, 9.17) is 4.74 Å². The van der Waals surface area contributed by atoms with Crippen LogP contribution in [0.1, 0.15) is 45.6 Å². The summed E-state index contributed by atoms with van der Waals surface area (Å²) < 4.78 is 5.30. The van der Waals surface area contributed by atoms with Crippen molar-refractivity contribution in [3.05, 3.63) is 45.7 Å². The Bertz CT molecular complexity index is 845. The molecule has 2 aromatic heterocycles. The molecule has 0 radical (unpaired) electrons. The molecule has 7 nitrogen and oxygen atoms in total. The second kappa shape index (κ2) is 8.36. The Morgan fingerprint density at radius 2 is 2.07 bits per heavy atom. The van der Waals surface area contributed by atoms with Gasteiger partial charge in [0.1, 0.15) is 0 Å². The third-order valence-corrected chi connectivity index (χ3v) is 6.07. The number of hydrogen-bond donors (Lipinski definition) is 0. The molecule has 148 valence electrons. The average molecular weight is 401 g/mol. The van der Waals surface area contributed by atoms with Gasteiger partial charge in [-0.05, 0) is 31.9 Å². The first kappa shape index (κ1) is 19.0. The molecule has 0 bridgehead atoms. The van der Waals surface area contributed by atoms with Gasteiger partial charge in [0, 0.05) is 31.2 Å². The van der Waals surface area contributed by atoms with Gasteiger partial charge in [0.2, 0.25) is 5.91 Å². The molecule has 0 N–H and O–H groups in total. The SMILES string of the molecule is Cc1nc(CC(=O)N2CCC[C@@H]2c2ccc(C(=O)N3CCOCC3)cn2)cs1. The summed E-state index contributed by atoms with van der Waals surface area (Å²) in [5, 5.41) is 2.92. The van der Waals surface area contributed by atoms with Crippen molar-refractivity contribution in [1.82, 2.24) is 19.8 Å². The molecule has 1 atom stereocenters. The minimum Gasteiger partial charge on any atom is -0.378 e. The average Bonchev–Trinajstić information content (AvgIpc) is 3.37. The highest BCUT2D eigenvalue weighted by atomic mass is 32.1. The van der Waals surface area contributed by atoms with Crippen molar-refractivity contribution < 1.29 is 14.3 Å². The Balaban J connectivity index is 1.43. The van der Waals surface area contributed by atoms with Crippen LogP contribution in [-0.4, -0.2) is 64.4 Å². The molecule has 0 spiro atoms. The first-order valence-electron chi connectivity index (χ1n) is 9.65. The molecule has 0 aliphatic carbocycles. The van der Waals surface area contributed by atoms with Crippen LogP contribution in [0.3, 0.4) is 0 Å². The van der Waals surface area contributed by atoms with Crippen LogP contribution in [0.25, 0.3) is 0 Å². The summed E-state index contributed by atoms with van der Waals surface area (Å²) in [4.78, 5) is 38.0. The Morgan fingerprint density at radius 3 is 2.75 bits per heavy atom. The van der Waals surface area contributed by atoms with Crippen LogP contribution in [-0.2, 0) is 16.0 Å². The van der Waals surface area contributed by atoms with Crippen LogP contribution in [0, 0.1) is 6.92 Å². The summed E-state index contributed by atoms with van der Waals surface area (Å²) in [5.74, 6) is 0.0728. The molecular weight excluding hydrogens is 376 g/mol. The lowest BCUT2D eigenvalue weighted by Crippen LogP contribution is -2.40. The van der Waals surface area contributed by atoms with E-state index in [1.165, 1.54) is 0 Å². The molecule has 4 rings (SSSR count). The van der Waals surface area contributed by atoms with Crippen LogP contribution in [0.15, 0.2) is 23.7 Å². The van der Waals surface area contributed by atoms with Gasteiger partial charge in [-0.15, -0.1) is 11.3 Å². The lowest BCUT2D eigenvalue weighted by atomic mass is 10.1. The highest BCUT2D eigenvalue weighted by Gasteiger charge is 2.31. The highest BCUT2D eigenvalue weighted by Crippen LogP contribution is 2.31. The van der Waals surface area contributed by atoms with Crippen molar-refractivity contribution in [3.8, 4) is 0 Å². The predicted molar refractivity (Wildman–Crippen MR) is 105 cm³/mol. The molecule has 4 heterocycles. The molecule has 8 heteroatoms. The smallest absolute Gasteiger partial charge is 0.255 e. The van der Waals surface area contributed by atoms with Gasteiger partial charge < -0.3 is 14.5 Å². The monoisotopic (exact) mass is 400 g/mol. The summed E-state index contributed by atoms with van der Waals surface area (Å²) in [7, 11) is 0. The summed E-state index contributed by atoms with van der Waals surface area (Å²) in [5.41, 5.74) is 2.26. The number of hydrogen-bond acceptors (Lipinski definition) is 6. The third-order valence-electron chi connectivity index (χ3n) is 5.25. The zero-order valence-electron chi connectivity index (χ0n) is 16.0. The van der Waals surface area contributed by atoms with E-state index in [9.17, 15) is 9.59 Å². The number of amides is 2. The first-order chi connectivity index (χ1) is 13.6. The van der Waals surface area contributed by atoms with Crippen LogP contribution >= 0.6 is 11.3 Å². The minimum absolute atomic E-state index is 0.0133. The van der Waals surface area contributed by atoms with Gasteiger partial charge in [0.25, 0.3) is 5.91 Å². The van der Waals surface area contributed by atoms with Crippen molar-refractivity contribution in [1.29, 1.82) is 0 Å². The molecule has 2 fully saturated rings. The highest BCUT2D eigenvalue weighted by molar-refractivity contribution is 7.09. The van der Waals surface area contributed by atoms with Crippen LogP contribution < -0.4 is 0 Å². The molecule has 0 saturated carbocycles. The van der Waals surface area contributed by atoms with E-state index in [1.54, 1.807) is 22.4 Å². The Labute approximate surface area is 168 Å². The number of morpholine rings is 1. The summed E-state index contributed by atoms with van der Waals surface area (Å²) >= 11 is 1.56. The standard InChI is InChI=1S/C20H24N4O3S/c1-14-22-16(13-28-14)11-19(25)24-6-2-3-18(24)17-5-4-15(12-21-17)20(26)23-7-9-27-10-8-23/h4-5,12-13,18H,2-3,6-11H2,1H3/t18-/m1/s1. The van der Waals surface area contributed by atoms with Crippen LogP contribution in [0.4, 0.5) is 0 Å². The zero-order valence-corrected chi connectivity index (χ0v) is 16.8. The lowest BCUT2D eigenvalue weighted by molar-refractivity contribution is -0.131. The largest absolute Gasteiger partial charge is 0.378 e. The fourth-order valence-corrected chi connectivity index (χ4v) is 4.41. The number of aryl methyl sites for hydroxylation is 1. The number of ether oxygens (including phenoxy) is 1. The number of likely N-dealkylation sites (tertiary alicyclic amines) is 1. The van der Waals surface area contributed by atoms with Gasteiger partial charge in [0.05, 0.1) is 47.6 Å². The van der Waals surface area contributed by atoms with E-state index in [-0.39, 0.29) is 17.9 Å². The molecule has 2 aromatic rings. The van der Waals surface area contributed by atoms with Crippen molar-refractivity contribution >= 4 is 23.2 Å². The van der Waals surface area contributed by atoms with Crippen molar-refractivity contribution in [2.45, 2.75) is 32.2 Å². The van der Waals surface area contributed by atoms with E-state index >= 15 is 0 Å². The molecule has 2 aliphatic heterocycles. The zero-order chi connectivity index (χ0) is 19.5. The number of pyridine rings is 1. The molecule has 2 amide bonds. The Morgan fingerprint density at radius 1 is 1.25 bits per heavy atom. The predicted octanol–water partition coefficient (Wildman–Crippen LogP) is 2.23. The van der Waals surface area contributed by atoms with Crippen molar-refractivity contribution in [2.75, 3.05) is 32.8 Å². The van der Waals surface area contributed by atoms with Gasteiger partial charge in [-0.2, -0.15) is 0 Å². The minimum atomic E-state index is -0.0280. The van der Waals surface area contributed by atoms with Gasteiger partial charge >= 0.3 is 0 Å². The number of aromatic nitrogens is 2. The van der Waals surface area contributed by atoms with E-state index in [0.717, 1.165) is 35.8 Å². The van der Waals surface area contributed by atoms with E-state index in [1.807, 2.05) is 29.3 Å². The maximum atomic E-state index is 12.8. The number of thiazole rings is 1. The van der Waals surface area contributed by atoms with E-state index in [2.05, 4.69) is 9.97 Å².